The van der Waals surface area contributed by atoms with Gasteiger partial charge < -0.3 is 10.2 Å². The lowest BCUT2D eigenvalue weighted by molar-refractivity contribution is 0.0721. The van der Waals surface area contributed by atoms with Crippen LogP contribution in [0.25, 0.3) is 0 Å². The van der Waals surface area contributed by atoms with Crippen LogP contribution in [0.2, 0.25) is 0 Å². The van der Waals surface area contributed by atoms with Crippen LogP contribution in [-0.4, -0.2) is 60.6 Å². The van der Waals surface area contributed by atoms with Crippen LogP contribution in [0.3, 0.4) is 0 Å². The summed E-state index contributed by atoms with van der Waals surface area (Å²) in [6.45, 7) is 11.2. The minimum Gasteiger partial charge on any atom is -0.316 e. The Morgan fingerprint density at radius 1 is 1.05 bits per heavy atom. The molecule has 1 aliphatic carbocycles. The van der Waals surface area contributed by atoms with Crippen molar-refractivity contribution in [2.45, 2.75) is 70.5 Å². The van der Waals surface area contributed by atoms with Gasteiger partial charge in [0.1, 0.15) is 0 Å². The van der Waals surface area contributed by atoms with Gasteiger partial charge in [0, 0.05) is 24.7 Å². The Morgan fingerprint density at radius 2 is 1.75 bits per heavy atom. The van der Waals surface area contributed by atoms with Crippen LogP contribution in [0.5, 0.6) is 0 Å². The fraction of sp³-hybridized carbons (Fsp3) is 1.00. The second-order valence-electron chi connectivity index (χ2n) is 7.50. The molecule has 3 fully saturated rings. The van der Waals surface area contributed by atoms with E-state index in [1.54, 1.807) is 0 Å². The second-order valence-corrected chi connectivity index (χ2v) is 7.50. The van der Waals surface area contributed by atoms with Crippen LogP contribution in [0.1, 0.15) is 52.4 Å². The van der Waals surface area contributed by atoms with Gasteiger partial charge in [-0.25, -0.2) is 0 Å². The topological polar surface area (TPSA) is 18.5 Å². The summed E-state index contributed by atoms with van der Waals surface area (Å²) in [7, 11) is 0. The van der Waals surface area contributed by atoms with Crippen molar-refractivity contribution in [3.05, 3.63) is 0 Å². The Bertz CT molecular complexity index is 287. The quantitative estimate of drug-likeness (QED) is 0.833. The highest BCUT2D eigenvalue weighted by Crippen LogP contribution is 2.33. The molecule has 3 nitrogen and oxygen atoms in total. The summed E-state index contributed by atoms with van der Waals surface area (Å²) in [6, 6.07) is 2.54. The lowest BCUT2D eigenvalue weighted by Gasteiger charge is -2.42. The molecule has 20 heavy (non-hydrogen) atoms. The zero-order chi connectivity index (χ0) is 13.9. The fourth-order valence-corrected chi connectivity index (χ4v) is 4.11. The van der Waals surface area contributed by atoms with Crippen molar-refractivity contribution in [1.29, 1.82) is 0 Å². The third-order valence-electron chi connectivity index (χ3n) is 5.58. The van der Waals surface area contributed by atoms with E-state index in [0.29, 0.717) is 0 Å². The Hall–Kier alpha value is -0.120. The van der Waals surface area contributed by atoms with E-state index in [-0.39, 0.29) is 0 Å². The minimum absolute atomic E-state index is 0.730. The molecule has 3 rings (SSSR count). The molecule has 116 valence electrons. The van der Waals surface area contributed by atoms with Gasteiger partial charge in [-0.2, -0.15) is 0 Å². The van der Waals surface area contributed by atoms with Gasteiger partial charge in [0.15, 0.2) is 0 Å². The molecule has 0 aromatic rings. The monoisotopic (exact) mass is 279 g/mol. The van der Waals surface area contributed by atoms with Crippen molar-refractivity contribution >= 4 is 0 Å². The molecule has 0 bridgehead atoms. The van der Waals surface area contributed by atoms with Gasteiger partial charge in [-0.3, -0.25) is 4.90 Å². The fourth-order valence-electron chi connectivity index (χ4n) is 4.11. The van der Waals surface area contributed by atoms with E-state index in [4.69, 9.17) is 0 Å². The second kappa shape index (κ2) is 6.76. The average molecular weight is 279 g/mol. The predicted molar refractivity (Wildman–Crippen MR) is 85.1 cm³/mol. The van der Waals surface area contributed by atoms with E-state index < -0.39 is 0 Å². The highest BCUT2D eigenvalue weighted by atomic mass is 15.2. The number of piperidine rings is 2. The summed E-state index contributed by atoms with van der Waals surface area (Å²) in [5.41, 5.74) is 0. The largest absolute Gasteiger partial charge is 0.316 e. The zero-order valence-electron chi connectivity index (χ0n) is 13.5. The SMILES string of the molecule is CC(C)N1CCC(N(CC2CCCNC2)C2CC2)CC1. The van der Waals surface area contributed by atoms with Crippen LogP contribution in [0.15, 0.2) is 0 Å². The van der Waals surface area contributed by atoms with Gasteiger partial charge in [0.2, 0.25) is 0 Å². The highest BCUT2D eigenvalue weighted by Gasteiger charge is 2.36. The first-order valence-corrected chi connectivity index (χ1v) is 8.94. The summed E-state index contributed by atoms with van der Waals surface area (Å²) in [4.78, 5) is 5.57. The number of nitrogens with zero attached hydrogens (tertiary/aromatic N) is 2. The first kappa shape index (κ1) is 14.8. The van der Waals surface area contributed by atoms with Gasteiger partial charge in [0.05, 0.1) is 0 Å². The van der Waals surface area contributed by atoms with E-state index >= 15 is 0 Å². The van der Waals surface area contributed by atoms with Crippen LogP contribution in [0.4, 0.5) is 0 Å². The van der Waals surface area contributed by atoms with Crippen molar-refractivity contribution < 1.29 is 0 Å². The standard InChI is InChI=1S/C17H33N3/c1-14(2)19-10-7-17(8-11-19)20(16-5-6-16)13-15-4-3-9-18-12-15/h14-18H,3-13H2,1-2H3. The lowest BCUT2D eigenvalue weighted by atomic mass is 9.95. The Morgan fingerprint density at radius 3 is 2.30 bits per heavy atom. The van der Waals surface area contributed by atoms with Crippen LogP contribution in [-0.2, 0) is 0 Å². The third kappa shape index (κ3) is 3.75. The predicted octanol–water partition coefficient (Wildman–Crippen LogP) is 2.32. The number of hydrogen-bond donors (Lipinski definition) is 1. The van der Waals surface area contributed by atoms with Crippen LogP contribution in [0, 0.1) is 5.92 Å². The zero-order valence-corrected chi connectivity index (χ0v) is 13.5. The summed E-state index contributed by atoms with van der Waals surface area (Å²) in [5, 5.41) is 3.59. The summed E-state index contributed by atoms with van der Waals surface area (Å²) in [6.07, 6.45) is 8.55. The van der Waals surface area contributed by atoms with Crippen molar-refractivity contribution in [2.24, 2.45) is 5.92 Å². The normalized spacial score (nSPS) is 30.3. The molecule has 0 amide bonds. The molecule has 0 radical (unpaired) electrons. The number of nitrogens with one attached hydrogen (secondary N) is 1. The van der Waals surface area contributed by atoms with E-state index in [9.17, 15) is 0 Å². The van der Waals surface area contributed by atoms with Gasteiger partial charge in [0.25, 0.3) is 0 Å². The molecule has 3 heteroatoms. The molecule has 3 aliphatic rings. The molecule has 2 heterocycles. The van der Waals surface area contributed by atoms with Crippen LogP contribution < -0.4 is 5.32 Å². The lowest BCUT2D eigenvalue weighted by Crippen LogP contribution is -2.50. The maximum Gasteiger partial charge on any atom is 0.0123 e. The van der Waals surface area contributed by atoms with Crippen molar-refractivity contribution in [3.8, 4) is 0 Å². The molecule has 2 saturated heterocycles. The van der Waals surface area contributed by atoms with Crippen molar-refractivity contribution in [2.75, 3.05) is 32.7 Å². The van der Waals surface area contributed by atoms with Gasteiger partial charge in [-0.15, -0.1) is 0 Å². The maximum atomic E-state index is 3.59. The number of hydrogen-bond acceptors (Lipinski definition) is 3. The molecule has 1 N–H and O–H groups in total. The molecule has 1 saturated carbocycles. The van der Waals surface area contributed by atoms with Crippen molar-refractivity contribution in [1.82, 2.24) is 15.1 Å². The number of likely N-dealkylation sites (tertiary alicyclic amines) is 1. The molecule has 1 unspecified atom stereocenters. The first-order chi connectivity index (χ1) is 9.74. The van der Waals surface area contributed by atoms with E-state index in [1.807, 2.05) is 0 Å². The molecule has 0 spiro atoms. The Balaban J connectivity index is 1.52. The first-order valence-electron chi connectivity index (χ1n) is 8.94. The molecular weight excluding hydrogens is 246 g/mol. The molecule has 0 aromatic carbocycles. The Kier molecular flexibility index (Phi) is 5.00. The highest BCUT2D eigenvalue weighted by molar-refractivity contribution is 4.92. The molecule has 1 atom stereocenters. The van der Waals surface area contributed by atoms with Gasteiger partial charge in [-0.1, -0.05) is 0 Å². The molecule has 2 aliphatic heterocycles. The summed E-state index contributed by atoms with van der Waals surface area (Å²) < 4.78 is 0. The van der Waals surface area contributed by atoms with E-state index in [1.165, 1.54) is 71.2 Å². The summed E-state index contributed by atoms with van der Waals surface area (Å²) >= 11 is 0. The summed E-state index contributed by atoms with van der Waals surface area (Å²) in [5.74, 6) is 0.910. The average Bonchev–Trinajstić information content (AvgIpc) is 3.30. The molecule has 0 aromatic heterocycles. The minimum atomic E-state index is 0.730. The Labute approximate surface area is 125 Å². The number of rotatable bonds is 5. The van der Waals surface area contributed by atoms with E-state index in [0.717, 1.165) is 24.0 Å². The van der Waals surface area contributed by atoms with Crippen molar-refractivity contribution in [3.63, 3.8) is 0 Å². The molecular formula is C17H33N3. The third-order valence-corrected chi connectivity index (χ3v) is 5.58. The maximum absolute atomic E-state index is 3.59. The smallest absolute Gasteiger partial charge is 0.0123 e. The van der Waals surface area contributed by atoms with Gasteiger partial charge >= 0.3 is 0 Å². The van der Waals surface area contributed by atoms with Crippen LogP contribution >= 0.6 is 0 Å². The van der Waals surface area contributed by atoms with E-state index in [2.05, 4.69) is 29.0 Å². The van der Waals surface area contributed by atoms with Gasteiger partial charge in [-0.05, 0) is 84.5 Å².